The quantitative estimate of drug-likeness (QED) is 0.203. The van der Waals surface area contributed by atoms with Crippen LogP contribution in [0.15, 0.2) is 42.7 Å². The number of aromatic nitrogens is 3. The molecule has 0 fully saturated rings. The van der Waals surface area contributed by atoms with Gasteiger partial charge in [-0.1, -0.05) is 0 Å². The number of rotatable bonds is 11. The van der Waals surface area contributed by atoms with Crippen molar-refractivity contribution in [3.63, 3.8) is 0 Å². The molecule has 2 aromatic heterocycles. The van der Waals surface area contributed by atoms with Gasteiger partial charge in [0.2, 0.25) is 0 Å². The third kappa shape index (κ3) is 8.22. The van der Waals surface area contributed by atoms with E-state index in [2.05, 4.69) is 28.7 Å². The van der Waals surface area contributed by atoms with Crippen molar-refractivity contribution >= 4 is 16.0 Å². The van der Waals surface area contributed by atoms with E-state index in [4.69, 9.17) is 14.2 Å². The van der Waals surface area contributed by atoms with Gasteiger partial charge >= 0.3 is 12.1 Å². The molecular weight excluding hydrogens is 531 g/mol. The number of alkyl halides is 3. The van der Waals surface area contributed by atoms with Gasteiger partial charge in [0.1, 0.15) is 24.9 Å². The smallest absolute Gasteiger partial charge is 0.434 e. The number of nitrogens with zero attached hydrogens (tertiary/aromatic N) is 3. The first kappa shape index (κ1) is 30.5. The van der Waals surface area contributed by atoms with E-state index in [9.17, 15) is 18.0 Å². The second kappa shape index (κ2) is 12.0. The molecule has 2 heterocycles. The molecule has 0 aliphatic heterocycles. The minimum absolute atomic E-state index is 0.0383. The fourth-order valence-electron chi connectivity index (χ4n) is 3.61. The van der Waals surface area contributed by atoms with E-state index in [1.807, 2.05) is 25.1 Å². The average molecular weight is 568 g/mol. The predicted octanol–water partition coefficient (Wildman–Crippen LogP) is 6.19. The van der Waals surface area contributed by atoms with Crippen LogP contribution in [0, 0.1) is 12.3 Å². The van der Waals surface area contributed by atoms with E-state index >= 15 is 0 Å². The monoisotopic (exact) mass is 567 g/mol. The molecule has 0 atom stereocenters. The first-order chi connectivity index (χ1) is 18.1. The van der Waals surface area contributed by atoms with Crippen molar-refractivity contribution in [1.29, 1.82) is 0 Å². The number of aryl methyl sites for hydroxylation is 1. The van der Waals surface area contributed by atoms with Gasteiger partial charge in [-0.25, -0.2) is 15.0 Å². The molecule has 0 N–H and O–H groups in total. The molecule has 0 amide bonds. The molecule has 11 heteroatoms. The van der Waals surface area contributed by atoms with Crippen molar-refractivity contribution in [2.45, 2.75) is 33.7 Å². The molecule has 214 valence electrons. The lowest BCUT2D eigenvalue weighted by molar-refractivity contribution is -0.152. The summed E-state index contributed by atoms with van der Waals surface area (Å²) in [5.74, 6) is 1.22. The van der Waals surface area contributed by atoms with Gasteiger partial charge in [-0.15, -0.1) is 0 Å². The Morgan fingerprint density at radius 1 is 1.10 bits per heavy atom. The van der Waals surface area contributed by atoms with Crippen LogP contribution in [-0.2, 0) is 27.2 Å². The van der Waals surface area contributed by atoms with Gasteiger partial charge in [0.05, 0.1) is 24.8 Å². The molecule has 0 spiro atoms. The molecule has 7 nitrogen and oxygen atoms in total. The third-order valence-corrected chi connectivity index (χ3v) is 7.37. The SMILES string of the molecule is COC(=O)C(C)(C)COc1ccc(-c2cc(C)c(-c3nc(C(F)(F)F)cn3COCCS(C)(C)C)cn2)cc1. The molecule has 3 aromatic rings. The zero-order valence-electron chi connectivity index (χ0n) is 23.4. The first-order valence-corrected chi connectivity index (χ1v) is 15.3. The minimum atomic E-state index is -4.58. The summed E-state index contributed by atoms with van der Waals surface area (Å²) in [6.45, 7) is 5.85. The van der Waals surface area contributed by atoms with Crippen LogP contribution in [0.4, 0.5) is 13.2 Å². The number of imidazole rings is 1. The van der Waals surface area contributed by atoms with Gasteiger partial charge in [-0.3, -0.25) is 9.78 Å². The number of methoxy groups -OCH3 is 1. The minimum Gasteiger partial charge on any atom is -0.492 e. The van der Waals surface area contributed by atoms with Crippen molar-refractivity contribution in [2.75, 3.05) is 44.8 Å². The van der Waals surface area contributed by atoms with Gasteiger partial charge in [-0.2, -0.15) is 13.2 Å². The molecule has 1 aromatic carbocycles. The Morgan fingerprint density at radius 3 is 2.33 bits per heavy atom. The maximum atomic E-state index is 13.5. The number of esters is 1. The van der Waals surface area contributed by atoms with Crippen molar-refractivity contribution < 1.29 is 32.2 Å². The van der Waals surface area contributed by atoms with Crippen LogP contribution in [0.5, 0.6) is 5.75 Å². The van der Waals surface area contributed by atoms with Gasteiger partial charge in [0.15, 0.2) is 5.69 Å². The van der Waals surface area contributed by atoms with Crippen LogP contribution in [0.2, 0.25) is 0 Å². The zero-order chi connectivity index (χ0) is 29.0. The summed E-state index contributed by atoms with van der Waals surface area (Å²) in [7, 11) is 0.557. The summed E-state index contributed by atoms with van der Waals surface area (Å²) in [4.78, 5) is 20.2. The summed E-state index contributed by atoms with van der Waals surface area (Å²) >= 11 is 0. The molecule has 0 radical (unpaired) electrons. The third-order valence-electron chi connectivity index (χ3n) is 5.98. The fourth-order valence-corrected chi connectivity index (χ4v) is 4.22. The number of hydrogen-bond acceptors (Lipinski definition) is 6. The van der Waals surface area contributed by atoms with Crippen molar-refractivity contribution in [2.24, 2.45) is 5.41 Å². The lowest BCUT2D eigenvalue weighted by Gasteiger charge is -2.24. The highest BCUT2D eigenvalue weighted by atomic mass is 32.3. The molecule has 0 saturated heterocycles. The molecule has 3 rings (SSSR count). The molecule has 39 heavy (non-hydrogen) atoms. The van der Waals surface area contributed by atoms with Crippen LogP contribution in [-0.4, -0.2) is 65.3 Å². The van der Waals surface area contributed by atoms with Crippen LogP contribution < -0.4 is 4.74 Å². The first-order valence-electron chi connectivity index (χ1n) is 12.3. The summed E-state index contributed by atoms with van der Waals surface area (Å²) in [6.07, 6.45) is 4.41. The van der Waals surface area contributed by atoms with E-state index < -0.39 is 27.3 Å². The number of halogens is 3. The number of carbonyl (C=O) groups excluding carboxylic acids is 1. The standard InChI is InChI=1S/C28H36F3N3O4S/c1-19-14-23(20-8-10-21(11-9-20)38-17-27(2,3)26(35)36-4)32-15-22(19)25-33-24(28(29,30)31)16-34(25)18-37-12-13-39(5,6)7/h8-11,14-16H,12-13,17-18H2,1-7H3. The highest BCUT2D eigenvalue weighted by molar-refractivity contribution is 8.32. The van der Waals surface area contributed by atoms with Crippen LogP contribution in [0.1, 0.15) is 25.1 Å². The average Bonchev–Trinajstić information content (AvgIpc) is 3.29. The maximum absolute atomic E-state index is 13.5. The number of carbonyl (C=O) groups is 1. The summed E-state index contributed by atoms with van der Waals surface area (Å²) in [6, 6.07) is 9.01. The highest BCUT2D eigenvalue weighted by Gasteiger charge is 2.35. The molecule has 0 saturated carbocycles. The number of hydrogen-bond donors (Lipinski definition) is 0. The molecule has 0 aliphatic carbocycles. The van der Waals surface area contributed by atoms with Crippen molar-refractivity contribution in [3.8, 4) is 28.4 Å². The summed E-state index contributed by atoms with van der Waals surface area (Å²) < 4.78 is 58.1. The largest absolute Gasteiger partial charge is 0.492 e. The summed E-state index contributed by atoms with van der Waals surface area (Å²) in [5.41, 5.74) is 0.895. The molecule has 0 unspecified atom stereocenters. The lowest BCUT2D eigenvalue weighted by Crippen LogP contribution is -2.32. The predicted molar refractivity (Wildman–Crippen MR) is 148 cm³/mol. The Hall–Kier alpha value is -3.05. The van der Waals surface area contributed by atoms with E-state index in [0.717, 1.165) is 23.1 Å². The second-order valence-corrected chi connectivity index (χ2v) is 15.4. The Bertz CT molecular complexity index is 1280. The van der Waals surface area contributed by atoms with Crippen LogP contribution >= 0.6 is 10.0 Å². The van der Waals surface area contributed by atoms with E-state index in [0.29, 0.717) is 23.6 Å². The molecule has 0 bridgehead atoms. The van der Waals surface area contributed by atoms with E-state index in [1.54, 1.807) is 26.0 Å². The normalized spacial score (nSPS) is 12.9. The highest BCUT2D eigenvalue weighted by Crippen LogP contribution is 2.35. The van der Waals surface area contributed by atoms with E-state index in [1.165, 1.54) is 17.9 Å². The number of ether oxygens (including phenoxy) is 3. The van der Waals surface area contributed by atoms with Crippen LogP contribution in [0.3, 0.4) is 0 Å². The van der Waals surface area contributed by atoms with Gasteiger partial charge in [0, 0.05) is 29.3 Å². The summed E-state index contributed by atoms with van der Waals surface area (Å²) in [5, 5.41) is 0. The lowest BCUT2D eigenvalue weighted by atomic mass is 9.95. The van der Waals surface area contributed by atoms with Gasteiger partial charge in [0.25, 0.3) is 0 Å². The Kier molecular flexibility index (Phi) is 9.38. The Balaban J connectivity index is 1.80. The number of benzene rings is 1. The van der Waals surface area contributed by atoms with E-state index in [-0.39, 0.29) is 25.1 Å². The molecule has 0 aliphatic rings. The van der Waals surface area contributed by atoms with Crippen molar-refractivity contribution in [1.82, 2.24) is 14.5 Å². The van der Waals surface area contributed by atoms with Gasteiger partial charge < -0.3 is 18.8 Å². The Morgan fingerprint density at radius 2 is 1.77 bits per heavy atom. The zero-order valence-corrected chi connectivity index (χ0v) is 24.2. The second-order valence-electron chi connectivity index (χ2n) is 10.8. The topological polar surface area (TPSA) is 75.5 Å². The van der Waals surface area contributed by atoms with Crippen molar-refractivity contribution in [3.05, 3.63) is 54.0 Å². The molecular formula is C28H36F3N3O4S. The maximum Gasteiger partial charge on any atom is 0.434 e. The fraction of sp³-hybridized carbons (Fsp3) is 0.464. The van der Waals surface area contributed by atoms with Gasteiger partial charge in [-0.05, 0) is 75.4 Å². The Labute approximate surface area is 229 Å². The van der Waals surface area contributed by atoms with Crippen LogP contribution in [0.25, 0.3) is 22.6 Å². The number of pyridine rings is 1.